The second-order valence-electron chi connectivity index (χ2n) is 3.35. The third-order valence-electron chi connectivity index (χ3n) is 2.25. The molecule has 0 atom stereocenters. The fraction of sp³-hybridized carbons (Fsp3) is 0.167. The summed E-state index contributed by atoms with van der Waals surface area (Å²) in [6.45, 7) is 0.493. The van der Waals surface area contributed by atoms with Crippen molar-refractivity contribution in [2.75, 3.05) is 11.9 Å². The number of rotatable bonds is 1. The minimum absolute atomic E-state index is 0.393. The van der Waals surface area contributed by atoms with Gasteiger partial charge in [-0.25, -0.2) is 0 Å². The number of para-hydroxylation sites is 1. The first kappa shape index (κ1) is 10.4. The number of ketones is 1. The first-order valence-electron chi connectivity index (χ1n) is 4.91. The van der Waals surface area contributed by atoms with E-state index in [9.17, 15) is 9.59 Å². The van der Waals surface area contributed by atoms with Gasteiger partial charge in [0.1, 0.15) is 0 Å². The Morgan fingerprint density at radius 1 is 1.31 bits per heavy atom. The van der Waals surface area contributed by atoms with Gasteiger partial charge in [0.05, 0.1) is 11.3 Å². The van der Waals surface area contributed by atoms with Gasteiger partial charge in [0, 0.05) is 18.5 Å². The van der Waals surface area contributed by atoms with Crippen LogP contribution in [-0.2, 0) is 4.79 Å². The van der Waals surface area contributed by atoms with E-state index in [0.29, 0.717) is 29.8 Å². The average molecular weight is 214 g/mol. The summed E-state index contributed by atoms with van der Waals surface area (Å²) in [5.41, 5.74) is 6.89. The third-order valence-corrected chi connectivity index (χ3v) is 2.25. The lowest BCUT2D eigenvalue weighted by Crippen LogP contribution is -2.12. The first-order chi connectivity index (χ1) is 7.74. The number of carbonyl (C=O) groups excluding carboxylic acids is 2. The number of carbonyl (C=O) groups is 2. The van der Waals surface area contributed by atoms with Crippen molar-refractivity contribution in [1.29, 1.82) is 0 Å². The summed E-state index contributed by atoms with van der Waals surface area (Å²) in [6, 6.07) is 5.09. The van der Waals surface area contributed by atoms with Crippen molar-refractivity contribution in [3.8, 4) is 11.8 Å². The second kappa shape index (κ2) is 4.17. The van der Waals surface area contributed by atoms with E-state index >= 15 is 0 Å². The minimum atomic E-state index is -0.594. The Bertz CT molecular complexity index is 524. The summed E-state index contributed by atoms with van der Waals surface area (Å²) >= 11 is 0. The van der Waals surface area contributed by atoms with Crippen LogP contribution < -0.4 is 11.1 Å². The molecule has 0 radical (unpaired) electrons. The van der Waals surface area contributed by atoms with Crippen molar-refractivity contribution in [1.82, 2.24) is 0 Å². The summed E-state index contributed by atoms with van der Waals surface area (Å²) in [7, 11) is 0. The van der Waals surface area contributed by atoms with Crippen LogP contribution in [0.4, 0.5) is 5.69 Å². The van der Waals surface area contributed by atoms with Gasteiger partial charge >= 0.3 is 0 Å². The van der Waals surface area contributed by atoms with Crippen molar-refractivity contribution >= 4 is 17.4 Å². The lowest BCUT2D eigenvalue weighted by atomic mass is 10.1. The van der Waals surface area contributed by atoms with E-state index in [1.807, 2.05) is 0 Å². The Kier molecular flexibility index (Phi) is 2.71. The van der Waals surface area contributed by atoms with E-state index < -0.39 is 11.7 Å². The van der Waals surface area contributed by atoms with Crippen LogP contribution in [0.3, 0.4) is 0 Å². The van der Waals surface area contributed by atoms with Gasteiger partial charge in [-0.1, -0.05) is 17.9 Å². The molecule has 2 rings (SSSR count). The lowest BCUT2D eigenvalue weighted by molar-refractivity contribution is -0.112. The van der Waals surface area contributed by atoms with Crippen LogP contribution in [0, 0.1) is 11.8 Å². The monoisotopic (exact) mass is 214 g/mol. The van der Waals surface area contributed by atoms with Crippen LogP contribution in [0.5, 0.6) is 0 Å². The zero-order valence-corrected chi connectivity index (χ0v) is 8.54. The molecule has 1 aromatic carbocycles. The quantitative estimate of drug-likeness (QED) is 0.529. The van der Waals surface area contributed by atoms with Gasteiger partial charge < -0.3 is 11.1 Å². The van der Waals surface area contributed by atoms with E-state index in [2.05, 4.69) is 17.2 Å². The van der Waals surface area contributed by atoms with Crippen molar-refractivity contribution < 1.29 is 9.59 Å². The summed E-state index contributed by atoms with van der Waals surface area (Å²) in [6.07, 6.45) is 0.589. The topological polar surface area (TPSA) is 72.2 Å². The van der Waals surface area contributed by atoms with Crippen LogP contribution in [0.1, 0.15) is 22.3 Å². The SMILES string of the molecule is NCCC#Cc1cccc2c1NC(=O)C2=O. The number of hydrogen-bond donors (Lipinski definition) is 2. The molecule has 0 bridgehead atoms. The largest absolute Gasteiger partial charge is 0.330 e. The fourth-order valence-electron chi connectivity index (χ4n) is 1.50. The van der Waals surface area contributed by atoms with Crippen LogP contribution >= 0.6 is 0 Å². The van der Waals surface area contributed by atoms with Crippen molar-refractivity contribution in [3.05, 3.63) is 29.3 Å². The highest BCUT2D eigenvalue weighted by Crippen LogP contribution is 2.26. The molecule has 1 aliphatic rings. The molecule has 1 amide bonds. The van der Waals surface area contributed by atoms with E-state index in [0.717, 1.165) is 0 Å². The summed E-state index contributed by atoms with van der Waals surface area (Å²) in [5, 5.41) is 2.52. The highest BCUT2D eigenvalue weighted by molar-refractivity contribution is 6.51. The van der Waals surface area contributed by atoms with Gasteiger partial charge in [-0.15, -0.1) is 0 Å². The maximum absolute atomic E-state index is 11.4. The zero-order chi connectivity index (χ0) is 11.5. The van der Waals surface area contributed by atoms with Crippen LogP contribution in [0.25, 0.3) is 0 Å². The maximum atomic E-state index is 11.4. The molecule has 4 nitrogen and oxygen atoms in total. The molecule has 4 heteroatoms. The Morgan fingerprint density at radius 2 is 2.12 bits per heavy atom. The first-order valence-corrected chi connectivity index (χ1v) is 4.91. The van der Waals surface area contributed by atoms with Crippen LogP contribution in [0.2, 0.25) is 0 Å². The normalized spacial score (nSPS) is 12.8. The number of nitrogens with two attached hydrogens (primary N) is 1. The van der Waals surface area contributed by atoms with Crippen molar-refractivity contribution in [3.63, 3.8) is 0 Å². The Labute approximate surface area is 92.8 Å². The molecule has 1 aliphatic heterocycles. The summed E-state index contributed by atoms with van der Waals surface area (Å²) in [5.74, 6) is 4.67. The van der Waals surface area contributed by atoms with Gasteiger partial charge in [0.2, 0.25) is 0 Å². The minimum Gasteiger partial charge on any atom is -0.330 e. The van der Waals surface area contributed by atoms with Crippen LogP contribution in [-0.4, -0.2) is 18.2 Å². The lowest BCUT2D eigenvalue weighted by Gasteiger charge is -1.99. The van der Waals surface area contributed by atoms with E-state index in [4.69, 9.17) is 5.73 Å². The highest BCUT2D eigenvalue weighted by atomic mass is 16.2. The molecular formula is C12H10N2O2. The molecule has 1 aromatic rings. The van der Waals surface area contributed by atoms with Gasteiger partial charge in [-0.2, -0.15) is 0 Å². The molecule has 0 saturated carbocycles. The number of benzene rings is 1. The predicted octanol–water partition coefficient (Wildman–Crippen LogP) is 0.522. The molecule has 0 spiro atoms. The molecule has 16 heavy (non-hydrogen) atoms. The molecule has 0 saturated heterocycles. The summed E-state index contributed by atoms with van der Waals surface area (Å²) in [4.78, 5) is 22.6. The van der Waals surface area contributed by atoms with Gasteiger partial charge in [0.15, 0.2) is 0 Å². The highest BCUT2D eigenvalue weighted by Gasteiger charge is 2.29. The number of fused-ring (bicyclic) bond motifs is 1. The smallest absolute Gasteiger partial charge is 0.296 e. The predicted molar refractivity (Wildman–Crippen MR) is 60.0 cm³/mol. The Hall–Kier alpha value is -2.12. The summed E-state index contributed by atoms with van der Waals surface area (Å²) < 4.78 is 0. The Morgan fingerprint density at radius 3 is 2.88 bits per heavy atom. The van der Waals surface area contributed by atoms with E-state index in [1.165, 1.54) is 0 Å². The van der Waals surface area contributed by atoms with Gasteiger partial charge in [-0.3, -0.25) is 9.59 Å². The zero-order valence-electron chi connectivity index (χ0n) is 8.54. The molecule has 1 heterocycles. The number of amides is 1. The van der Waals surface area contributed by atoms with Crippen molar-refractivity contribution in [2.45, 2.75) is 6.42 Å². The molecular weight excluding hydrogens is 204 g/mol. The maximum Gasteiger partial charge on any atom is 0.296 e. The number of anilines is 1. The Balaban J connectivity index is 2.41. The van der Waals surface area contributed by atoms with Crippen molar-refractivity contribution in [2.24, 2.45) is 5.73 Å². The standard InChI is InChI=1S/C12H10N2O2/c13-7-2-1-4-8-5-3-6-9-10(8)14-12(16)11(9)15/h3,5-6H,2,7,13H2,(H,14,15,16). The molecule has 3 N–H and O–H groups in total. The molecule has 0 fully saturated rings. The van der Waals surface area contributed by atoms with Gasteiger partial charge in [-0.05, 0) is 12.1 Å². The average Bonchev–Trinajstić information content (AvgIpc) is 2.57. The molecule has 0 aliphatic carbocycles. The molecule has 0 aromatic heterocycles. The fourth-order valence-corrected chi connectivity index (χ4v) is 1.50. The number of hydrogen-bond acceptors (Lipinski definition) is 3. The second-order valence-corrected chi connectivity index (χ2v) is 3.35. The van der Waals surface area contributed by atoms with E-state index in [-0.39, 0.29) is 0 Å². The van der Waals surface area contributed by atoms with Crippen LogP contribution in [0.15, 0.2) is 18.2 Å². The number of nitrogens with one attached hydrogen (secondary N) is 1. The number of Topliss-reactive ketones (excluding diaryl/α,β-unsaturated/α-hetero) is 1. The molecule has 80 valence electrons. The van der Waals surface area contributed by atoms with Gasteiger partial charge in [0.25, 0.3) is 11.7 Å². The third kappa shape index (κ3) is 1.69. The van der Waals surface area contributed by atoms with E-state index in [1.54, 1.807) is 18.2 Å². The molecule has 0 unspecified atom stereocenters.